The average Bonchev–Trinajstić information content (AvgIpc) is 2.85. The quantitative estimate of drug-likeness (QED) is 0.595. The van der Waals surface area contributed by atoms with Gasteiger partial charge in [0, 0.05) is 0 Å². The first-order chi connectivity index (χ1) is 11.2. The minimum absolute atomic E-state index is 0.355. The Morgan fingerprint density at radius 2 is 1.83 bits per heavy atom. The van der Waals surface area contributed by atoms with Crippen molar-refractivity contribution in [1.82, 2.24) is 0 Å². The van der Waals surface area contributed by atoms with E-state index in [0.29, 0.717) is 10.8 Å². The van der Waals surface area contributed by atoms with Gasteiger partial charge in [0.2, 0.25) is 0 Å². The van der Waals surface area contributed by atoms with Gasteiger partial charge in [-0.15, -0.1) is 0 Å². The third kappa shape index (κ3) is 2.23. The van der Waals surface area contributed by atoms with Crippen LogP contribution in [0.1, 0.15) is 79.1 Å². The van der Waals surface area contributed by atoms with Crippen molar-refractivity contribution in [2.45, 2.75) is 84.7 Å². The second kappa shape index (κ2) is 5.22. The molecule has 4 rings (SSSR count). The van der Waals surface area contributed by atoms with Gasteiger partial charge in [-0.1, -0.05) is 37.6 Å². The maximum atomic E-state index is 10.6. The Hall–Kier alpha value is -0.560. The molecule has 0 amide bonds. The highest BCUT2D eigenvalue weighted by Gasteiger charge is 2.59. The molecule has 0 aromatic rings. The summed E-state index contributed by atoms with van der Waals surface area (Å²) >= 11 is 0. The SMILES string of the molecule is C=C(C)[C@H]1CC[C@H]2[C@@H]3CC=C4C[C@](C)(O)CC[C@]4(C)[C@H]3CC[C@]12C. The summed E-state index contributed by atoms with van der Waals surface area (Å²) in [5.74, 6) is 3.34. The topological polar surface area (TPSA) is 20.2 Å². The third-order valence-electron chi connectivity index (χ3n) is 8.97. The van der Waals surface area contributed by atoms with Crippen LogP contribution < -0.4 is 0 Å². The third-order valence-corrected chi connectivity index (χ3v) is 8.97. The molecule has 134 valence electrons. The summed E-state index contributed by atoms with van der Waals surface area (Å²) < 4.78 is 0. The molecule has 7 atom stereocenters. The van der Waals surface area contributed by atoms with Crippen LogP contribution in [0.2, 0.25) is 0 Å². The lowest BCUT2D eigenvalue weighted by Gasteiger charge is -2.59. The molecular weight excluding hydrogens is 292 g/mol. The highest BCUT2D eigenvalue weighted by Crippen LogP contribution is 2.67. The van der Waals surface area contributed by atoms with Crippen molar-refractivity contribution in [1.29, 1.82) is 0 Å². The Morgan fingerprint density at radius 3 is 2.54 bits per heavy atom. The van der Waals surface area contributed by atoms with Crippen LogP contribution in [-0.4, -0.2) is 10.7 Å². The number of allylic oxidation sites excluding steroid dienone is 2. The lowest BCUT2D eigenvalue weighted by molar-refractivity contribution is -0.0623. The fourth-order valence-corrected chi connectivity index (χ4v) is 7.61. The minimum Gasteiger partial charge on any atom is -0.390 e. The van der Waals surface area contributed by atoms with Crippen LogP contribution in [0.15, 0.2) is 23.8 Å². The zero-order valence-electron chi connectivity index (χ0n) is 16.2. The van der Waals surface area contributed by atoms with E-state index in [-0.39, 0.29) is 0 Å². The summed E-state index contributed by atoms with van der Waals surface area (Å²) in [4.78, 5) is 0. The van der Waals surface area contributed by atoms with Gasteiger partial charge in [-0.25, -0.2) is 0 Å². The molecule has 1 N–H and O–H groups in total. The molecule has 0 heterocycles. The first-order valence-corrected chi connectivity index (χ1v) is 10.2. The Kier molecular flexibility index (Phi) is 3.67. The molecular formula is C23H36O. The number of fused-ring (bicyclic) bond motifs is 5. The molecule has 4 aliphatic carbocycles. The van der Waals surface area contributed by atoms with Gasteiger partial charge in [-0.05, 0) is 99.7 Å². The average molecular weight is 329 g/mol. The molecule has 1 nitrogen and oxygen atoms in total. The zero-order valence-corrected chi connectivity index (χ0v) is 16.2. The molecule has 0 aromatic heterocycles. The minimum atomic E-state index is -0.472. The van der Waals surface area contributed by atoms with E-state index in [1.54, 1.807) is 5.57 Å². The van der Waals surface area contributed by atoms with E-state index in [9.17, 15) is 5.11 Å². The van der Waals surface area contributed by atoms with Gasteiger partial charge >= 0.3 is 0 Å². The van der Waals surface area contributed by atoms with Gasteiger partial charge in [0.25, 0.3) is 0 Å². The summed E-state index contributed by atoms with van der Waals surface area (Å²) in [5.41, 5.74) is 3.38. The van der Waals surface area contributed by atoms with E-state index in [0.717, 1.165) is 36.5 Å². The first kappa shape index (κ1) is 16.9. The highest BCUT2D eigenvalue weighted by molar-refractivity contribution is 5.27. The van der Waals surface area contributed by atoms with E-state index in [2.05, 4.69) is 33.4 Å². The first-order valence-electron chi connectivity index (χ1n) is 10.2. The largest absolute Gasteiger partial charge is 0.390 e. The molecule has 0 aliphatic heterocycles. The molecule has 3 saturated carbocycles. The maximum absolute atomic E-state index is 10.6. The van der Waals surface area contributed by atoms with Crippen LogP contribution in [0.4, 0.5) is 0 Å². The van der Waals surface area contributed by atoms with Crippen molar-refractivity contribution in [2.75, 3.05) is 0 Å². The van der Waals surface area contributed by atoms with Crippen LogP contribution in [0, 0.1) is 34.5 Å². The smallest absolute Gasteiger partial charge is 0.0657 e. The molecule has 3 fully saturated rings. The van der Waals surface area contributed by atoms with Gasteiger partial charge in [-0.2, -0.15) is 0 Å². The summed E-state index contributed by atoms with van der Waals surface area (Å²) in [6.45, 7) is 13.7. The molecule has 0 unspecified atom stereocenters. The summed E-state index contributed by atoms with van der Waals surface area (Å²) in [6.07, 6.45) is 12.4. The molecule has 24 heavy (non-hydrogen) atoms. The molecule has 1 heteroatoms. The van der Waals surface area contributed by atoms with Crippen molar-refractivity contribution in [3.05, 3.63) is 23.8 Å². The van der Waals surface area contributed by atoms with Gasteiger partial charge in [-0.3, -0.25) is 0 Å². The van der Waals surface area contributed by atoms with Crippen LogP contribution >= 0.6 is 0 Å². The predicted molar refractivity (Wildman–Crippen MR) is 101 cm³/mol. The Balaban J connectivity index is 1.66. The second-order valence-electron chi connectivity index (χ2n) is 10.5. The summed E-state index contributed by atoms with van der Waals surface area (Å²) in [5, 5.41) is 10.6. The van der Waals surface area contributed by atoms with Crippen LogP contribution in [0.25, 0.3) is 0 Å². The maximum Gasteiger partial charge on any atom is 0.0657 e. The molecule has 4 aliphatic rings. The Bertz CT molecular complexity index is 585. The highest BCUT2D eigenvalue weighted by atomic mass is 16.3. The fourth-order valence-electron chi connectivity index (χ4n) is 7.61. The molecule has 0 aromatic carbocycles. The lowest BCUT2D eigenvalue weighted by Crippen LogP contribution is -2.51. The van der Waals surface area contributed by atoms with Crippen molar-refractivity contribution < 1.29 is 5.11 Å². The standard InChI is InChI=1S/C23H36O/c1-15(2)18-8-9-19-17-7-6-16-14-21(3,24)12-13-22(16,4)20(17)10-11-23(18,19)5/h6,17-20,24H,1,7-14H2,2-5H3/t17-,18+,19-,20-,21+,22-,23+/m0/s1. The van der Waals surface area contributed by atoms with Gasteiger partial charge < -0.3 is 5.11 Å². The van der Waals surface area contributed by atoms with Crippen molar-refractivity contribution >= 4 is 0 Å². The van der Waals surface area contributed by atoms with Crippen LogP contribution in [0.3, 0.4) is 0 Å². The molecule has 0 bridgehead atoms. The van der Waals surface area contributed by atoms with Gasteiger partial charge in [0.05, 0.1) is 5.60 Å². The van der Waals surface area contributed by atoms with Crippen molar-refractivity contribution in [2.24, 2.45) is 34.5 Å². The lowest BCUT2D eigenvalue weighted by atomic mass is 9.46. The molecule has 0 saturated heterocycles. The normalized spacial score (nSPS) is 53.6. The molecule has 0 radical (unpaired) electrons. The van der Waals surface area contributed by atoms with Crippen molar-refractivity contribution in [3.8, 4) is 0 Å². The number of rotatable bonds is 1. The van der Waals surface area contributed by atoms with E-state index < -0.39 is 5.60 Å². The number of aliphatic hydroxyl groups is 1. The number of hydrogen-bond donors (Lipinski definition) is 1. The predicted octanol–water partition coefficient (Wildman–Crippen LogP) is 5.89. The zero-order chi connectivity index (χ0) is 17.3. The van der Waals surface area contributed by atoms with Crippen molar-refractivity contribution in [3.63, 3.8) is 0 Å². The van der Waals surface area contributed by atoms with Crippen LogP contribution in [0.5, 0.6) is 0 Å². The fraction of sp³-hybridized carbons (Fsp3) is 0.826. The van der Waals surface area contributed by atoms with Gasteiger partial charge in [0.1, 0.15) is 0 Å². The van der Waals surface area contributed by atoms with Crippen LogP contribution in [-0.2, 0) is 0 Å². The number of hydrogen-bond acceptors (Lipinski definition) is 1. The van der Waals surface area contributed by atoms with E-state index in [1.165, 1.54) is 44.1 Å². The second-order valence-corrected chi connectivity index (χ2v) is 10.5. The Labute approximate surface area is 148 Å². The molecule has 0 spiro atoms. The summed E-state index contributed by atoms with van der Waals surface area (Å²) in [6, 6.07) is 0. The van der Waals surface area contributed by atoms with E-state index in [1.807, 2.05) is 6.92 Å². The summed E-state index contributed by atoms with van der Waals surface area (Å²) in [7, 11) is 0. The van der Waals surface area contributed by atoms with Gasteiger partial charge in [0.15, 0.2) is 0 Å². The van der Waals surface area contributed by atoms with E-state index in [4.69, 9.17) is 0 Å². The Morgan fingerprint density at radius 1 is 1.08 bits per heavy atom. The monoisotopic (exact) mass is 328 g/mol. The van der Waals surface area contributed by atoms with E-state index >= 15 is 0 Å².